The number of nitrogens with zero attached hydrogens (tertiary/aromatic N) is 2. The molecule has 0 unspecified atom stereocenters. The molecule has 6 heteroatoms. The molecule has 0 bridgehead atoms. The Kier molecular flexibility index (Phi) is 4.66. The van der Waals surface area contributed by atoms with Gasteiger partial charge in [-0.3, -0.25) is 19.8 Å². The number of rotatable bonds is 4. The van der Waals surface area contributed by atoms with Crippen LogP contribution in [0.4, 0.5) is 5.69 Å². The molecule has 0 amide bonds. The fraction of sp³-hybridized carbons (Fsp3) is 0.500. The second-order valence-electron chi connectivity index (χ2n) is 6.66. The Balaban J connectivity index is 2.00. The fourth-order valence-electron chi connectivity index (χ4n) is 3.24. The molecule has 6 nitrogen and oxygen atoms in total. The molecule has 1 aromatic carbocycles. The van der Waals surface area contributed by atoms with Crippen LogP contribution in [0.2, 0.25) is 0 Å². The first-order valence-corrected chi connectivity index (χ1v) is 8.42. The van der Waals surface area contributed by atoms with Gasteiger partial charge in [-0.05, 0) is 25.0 Å². The van der Waals surface area contributed by atoms with Gasteiger partial charge in [-0.15, -0.1) is 0 Å². The Morgan fingerprint density at radius 2 is 2.00 bits per heavy atom. The Morgan fingerprint density at radius 3 is 2.62 bits per heavy atom. The van der Waals surface area contributed by atoms with Crippen molar-refractivity contribution in [1.82, 2.24) is 4.90 Å². The van der Waals surface area contributed by atoms with Crippen molar-refractivity contribution in [2.24, 2.45) is 5.92 Å². The van der Waals surface area contributed by atoms with Crippen LogP contribution in [-0.2, 0) is 4.79 Å². The van der Waals surface area contributed by atoms with Crippen LogP contribution in [0.1, 0.15) is 38.7 Å². The van der Waals surface area contributed by atoms with Crippen molar-refractivity contribution in [1.29, 1.82) is 0 Å². The first kappa shape index (κ1) is 16.6. The van der Waals surface area contributed by atoms with Gasteiger partial charge in [0.1, 0.15) is 5.75 Å². The van der Waals surface area contributed by atoms with E-state index in [0.717, 1.165) is 25.9 Å². The van der Waals surface area contributed by atoms with E-state index in [1.54, 1.807) is 12.1 Å². The van der Waals surface area contributed by atoms with Crippen LogP contribution in [0, 0.1) is 16.0 Å². The molecule has 2 aliphatic rings. The first-order valence-electron chi connectivity index (χ1n) is 8.42. The van der Waals surface area contributed by atoms with Gasteiger partial charge in [-0.2, -0.15) is 0 Å². The van der Waals surface area contributed by atoms with Crippen molar-refractivity contribution >= 4 is 17.5 Å². The van der Waals surface area contributed by atoms with E-state index in [2.05, 4.69) is 4.90 Å². The second kappa shape index (κ2) is 6.73. The minimum Gasteiger partial charge on any atom is -0.470 e. The number of nitro benzene ring substituents is 1. The van der Waals surface area contributed by atoms with Crippen molar-refractivity contribution in [2.75, 3.05) is 13.1 Å². The molecule has 1 fully saturated rings. The van der Waals surface area contributed by atoms with E-state index in [4.69, 9.17) is 4.74 Å². The Bertz CT molecular complexity index is 690. The summed E-state index contributed by atoms with van der Waals surface area (Å²) in [7, 11) is 0. The van der Waals surface area contributed by atoms with Gasteiger partial charge in [0.15, 0.2) is 12.0 Å². The van der Waals surface area contributed by atoms with E-state index in [1.807, 2.05) is 13.8 Å². The van der Waals surface area contributed by atoms with Gasteiger partial charge in [0.2, 0.25) is 0 Å². The summed E-state index contributed by atoms with van der Waals surface area (Å²) in [5.74, 6) is 0.478. The lowest BCUT2D eigenvalue weighted by atomic mass is 9.94. The average Bonchev–Trinajstić information content (AvgIpc) is 2.60. The Morgan fingerprint density at radius 1 is 1.29 bits per heavy atom. The molecule has 0 spiro atoms. The number of piperidine rings is 1. The lowest BCUT2D eigenvalue weighted by Gasteiger charge is -2.38. The molecule has 0 aliphatic carbocycles. The van der Waals surface area contributed by atoms with Crippen LogP contribution < -0.4 is 4.74 Å². The van der Waals surface area contributed by atoms with Gasteiger partial charge >= 0.3 is 0 Å². The van der Waals surface area contributed by atoms with Crippen molar-refractivity contribution in [3.05, 3.63) is 39.4 Å². The number of Topliss-reactive ketones (excluding diaryl/α,β-unsaturated/α-hetero) is 1. The van der Waals surface area contributed by atoms with E-state index in [-0.39, 0.29) is 17.4 Å². The highest BCUT2D eigenvalue weighted by atomic mass is 16.6. The van der Waals surface area contributed by atoms with Gasteiger partial charge < -0.3 is 4.74 Å². The van der Waals surface area contributed by atoms with Crippen molar-refractivity contribution in [2.45, 2.75) is 39.3 Å². The molecule has 3 rings (SSSR count). The number of hydrogen-bond donors (Lipinski definition) is 0. The maximum absolute atomic E-state index is 12.7. The number of benzene rings is 1. The molecule has 2 heterocycles. The van der Waals surface area contributed by atoms with Crippen molar-refractivity contribution < 1.29 is 14.5 Å². The van der Waals surface area contributed by atoms with Crippen LogP contribution in [0.5, 0.6) is 5.75 Å². The number of carbonyl (C=O) groups excluding carboxylic acids is 1. The Labute approximate surface area is 141 Å². The predicted octanol–water partition coefficient (Wildman–Crippen LogP) is 3.41. The van der Waals surface area contributed by atoms with E-state index in [0.29, 0.717) is 16.9 Å². The third kappa shape index (κ3) is 3.19. The molecule has 1 aromatic rings. The minimum atomic E-state index is -0.436. The molecule has 0 radical (unpaired) electrons. The van der Waals surface area contributed by atoms with E-state index in [1.165, 1.54) is 18.6 Å². The van der Waals surface area contributed by atoms with Crippen LogP contribution >= 0.6 is 0 Å². The van der Waals surface area contributed by atoms with Gasteiger partial charge in [-0.1, -0.05) is 20.3 Å². The molecular weight excluding hydrogens is 308 g/mol. The van der Waals surface area contributed by atoms with Crippen LogP contribution in [0.3, 0.4) is 0 Å². The van der Waals surface area contributed by atoms with Crippen molar-refractivity contribution in [3.63, 3.8) is 0 Å². The highest BCUT2D eigenvalue weighted by molar-refractivity contribution is 6.02. The summed E-state index contributed by atoms with van der Waals surface area (Å²) in [5, 5.41) is 11.0. The quantitative estimate of drug-likeness (QED) is 0.625. The first-order chi connectivity index (χ1) is 11.5. The van der Waals surface area contributed by atoms with Gasteiger partial charge in [0.25, 0.3) is 5.69 Å². The standard InChI is InChI=1S/C18H22N2O4/c1-12(2)17(21)15-11-13-10-14(20(22)23)6-7-16(13)24-18(15)19-8-4-3-5-9-19/h6-7,10-12,18H,3-5,8-9H2,1-2H3/t18-/m1/s1. The maximum Gasteiger partial charge on any atom is 0.270 e. The summed E-state index contributed by atoms with van der Waals surface area (Å²) < 4.78 is 6.10. The fourth-order valence-corrected chi connectivity index (χ4v) is 3.24. The summed E-state index contributed by atoms with van der Waals surface area (Å²) in [4.78, 5) is 25.4. The number of nitro groups is 1. The summed E-state index contributed by atoms with van der Waals surface area (Å²) in [6.07, 6.45) is 4.76. The SMILES string of the molecule is CC(C)C(=O)C1=Cc2cc([N+](=O)[O-])ccc2O[C@H]1N1CCCCC1. The number of non-ortho nitro benzene ring substituents is 1. The topological polar surface area (TPSA) is 72.7 Å². The van der Waals surface area contributed by atoms with E-state index < -0.39 is 11.2 Å². The highest BCUT2D eigenvalue weighted by Gasteiger charge is 2.34. The maximum atomic E-state index is 12.7. The van der Waals surface area contributed by atoms with Gasteiger partial charge in [0.05, 0.1) is 10.5 Å². The van der Waals surface area contributed by atoms with Gasteiger partial charge in [-0.25, -0.2) is 0 Å². The molecule has 1 saturated heterocycles. The average molecular weight is 330 g/mol. The largest absolute Gasteiger partial charge is 0.470 e. The normalized spacial score (nSPS) is 21.0. The number of likely N-dealkylation sites (tertiary alicyclic amines) is 1. The zero-order chi connectivity index (χ0) is 17.3. The smallest absolute Gasteiger partial charge is 0.270 e. The number of fused-ring (bicyclic) bond motifs is 1. The van der Waals surface area contributed by atoms with Gasteiger partial charge in [0, 0.05) is 36.7 Å². The molecule has 0 aromatic heterocycles. The summed E-state index contributed by atoms with van der Waals surface area (Å²) in [5.41, 5.74) is 1.20. The molecule has 24 heavy (non-hydrogen) atoms. The minimum absolute atomic E-state index is 0.00127. The molecule has 1 atom stereocenters. The van der Waals surface area contributed by atoms with E-state index >= 15 is 0 Å². The lowest BCUT2D eigenvalue weighted by molar-refractivity contribution is -0.384. The van der Waals surface area contributed by atoms with Crippen LogP contribution in [0.15, 0.2) is 23.8 Å². The molecule has 0 N–H and O–H groups in total. The molecule has 0 saturated carbocycles. The molecule has 2 aliphatic heterocycles. The summed E-state index contributed by atoms with van der Waals surface area (Å²) >= 11 is 0. The number of carbonyl (C=O) groups is 1. The lowest BCUT2D eigenvalue weighted by Crippen LogP contribution is -2.47. The molecular formula is C18H22N2O4. The monoisotopic (exact) mass is 330 g/mol. The Hall–Kier alpha value is -2.21. The van der Waals surface area contributed by atoms with Crippen molar-refractivity contribution in [3.8, 4) is 5.75 Å². The second-order valence-corrected chi connectivity index (χ2v) is 6.66. The third-order valence-electron chi connectivity index (χ3n) is 4.55. The molecule has 128 valence electrons. The van der Waals surface area contributed by atoms with E-state index in [9.17, 15) is 14.9 Å². The number of ether oxygens (including phenoxy) is 1. The highest BCUT2D eigenvalue weighted by Crippen LogP contribution is 2.35. The number of ketones is 1. The van der Waals surface area contributed by atoms with Crippen LogP contribution in [0.25, 0.3) is 6.08 Å². The summed E-state index contributed by atoms with van der Waals surface area (Å²) in [6.45, 7) is 5.52. The summed E-state index contributed by atoms with van der Waals surface area (Å²) in [6, 6.07) is 4.53. The third-order valence-corrected chi connectivity index (χ3v) is 4.55. The zero-order valence-corrected chi connectivity index (χ0v) is 14.0. The zero-order valence-electron chi connectivity index (χ0n) is 14.0. The van der Waals surface area contributed by atoms with Crippen LogP contribution in [-0.4, -0.2) is 34.9 Å². The predicted molar refractivity (Wildman–Crippen MR) is 90.8 cm³/mol. The number of hydrogen-bond acceptors (Lipinski definition) is 5.